The summed E-state index contributed by atoms with van der Waals surface area (Å²) in [7, 11) is 0. The van der Waals surface area contributed by atoms with Crippen molar-refractivity contribution in [3.8, 4) is 0 Å². The van der Waals surface area contributed by atoms with E-state index < -0.39 is 10.8 Å². The first kappa shape index (κ1) is 9.94. The third kappa shape index (κ3) is 1.10. The van der Waals surface area contributed by atoms with Crippen molar-refractivity contribution in [2.45, 2.75) is 20.3 Å². The molecule has 1 fully saturated rings. The molecule has 74 valence electrons. The molecule has 0 aromatic heterocycles. The van der Waals surface area contributed by atoms with Gasteiger partial charge in [-0.2, -0.15) is 0 Å². The van der Waals surface area contributed by atoms with Crippen LogP contribution in [0, 0.1) is 10.8 Å². The van der Waals surface area contributed by atoms with Crippen LogP contribution in [0.5, 0.6) is 0 Å². The fourth-order valence-corrected chi connectivity index (χ4v) is 1.64. The molecule has 6 N–H and O–H groups in total. The lowest BCUT2D eigenvalue weighted by atomic mass is 9.95. The summed E-state index contributed by atoms with van der Waals surface area (Å²) in [4.78, 5) is 22.5. The van der Waals surface area contributed by atoms with Gasteiger partial charge in [0.25, 0.3) is 0 Å². The molecule has 0 aromatic carbocycles. The zero-order valence-electron chi connectivity index (χ0n) is 7.68. The van der Waals surface area contributed by atoms with Crippen LogP contribution in [0.4, 0.5) is 0 Å². The summed E-state index contributed by atoms with van der Waals surface area (Å²) >= 11 is 0. The summed E-state index contributed by atoms with van der Waals surface area (Å²) in [6, 6.07) is 0. The standard InChI is InChI=1S/C7H14N4O2/c1-6(4(12)10-8)3-7(6,2)5(13)11-9/h3,8-9H2,1-2H3,(H,10,12)(H,11,13)/t6-,7-/m1/s1. The van der Waals surface area contributed by atoms with E-state index in [4.69, 9.17) is 11.7 Å². The maximum atomic E-state index is 11.3. The third-order valence-electron chi connectivity index (χ3n) is 3.06. The van der Waals surface area contributed by atoms with E-state index in [-0.39, 0.29) is 11.8 Å². The van der Waals surface area contributed by atoms with E-state index in [1.165, 1.54) is 0 Å². The van der Waals surface area contributed by atoms with Gasteiger partial charge in [-0.1, -0.05) is 0 Å². The Balaban J connectivity index is 2.81. The molecular formula is C7H14N4O2. The number of carbonyl (C=O) groups excluding carboxylic acids is 2. The molecule has 0 aliphatic heterocycles. The predicted molar refractivity (Wildman–Crippen MR) is 45.5 cm³/mol. The van der Waals surface area contributed by atoms with Crippen LogP contribution < -0.4 is 22.5 Å². The smallest absolute Gasteiger partial charge is 0.240 e. The van der Waals surface area contributed by atoms with Crippen LogP contribution in [-0.2, 0) is 9.59 Å². The second-order valence-corrected chi connectivity index (χ2v) is 3.79. The molecule has 0 radical (unpaired) electrons. The van der Waals surface area contributed by atoms with E-state index in [1.807, 2.05) is 10.9 Å². The van der Waals surface area contributed by atoms with Gasteiger partial charge in [-0.25, -0.2) is 11.7 Å². The molecule has 1 aliphatic carbocycles. The minimum absolute atomic E-state index is 0.335. The molecule has 1 rings (SSSR count). The second-order valence-electron chi connectivity index (χ2n) is 3.79. The molecule has 0 bridgehead atoms. The largest absolute Gasteiger partial charge is 0.294 e. The Kier molecular flexibility index (Phi) is 2.05. The number of nitrogens with one attached hydrogen (secondary N) is 2. The maximum Gasteiger partial charge on any atom is 0.240 e. The van der Waals surface area contributed by atoms with E-state index in [0.29, 0.717) is 6.42 Å². The highest BCUT2D eigenvalue weighted by Gasteiger charge is 2.69. The van der Waals surface area contributed by atoms with Gasteiger partial charge in [0.05, 0.1) is 10.8 Å². The Hall–Kier alpha value is -1.14. The van der Waals surface area contributed by atoms with Gasteiger partial charge in [-0.3, -0.25) is 20.4 Å². The van der Waals surface area contributed by atoms with Crippen molar-refractivity contribution >= 4 is 11.8 Å². The molecule has 0 aromatic rings. The molecule has 13 heavy (non-hydrogen) atoms. The summed E-state index contributed by atoms with van der Waals surface area (Å²) in [6.45, 7) is 3.37. The van der Waals surface area contributed by atoms with Crippen LogP contribution in [0.15, 0.2) is 0 Å². The van der Waals surface area contributed by atoms with Crippen molar-refractivity contribution in [3.63, 3.8) is 0 Å². The number of hydrogen-bond acceptors (Lipinski definition) is 4. The van der Waals surface area contributed by atoms with Crippen molar-refractivity contribution in [2.75, 3.05) is 0 Å². The van der Waals surface area contributed by atoms with Crippen LogP contribution >= 0.6 is 0 Å². The summed E-state index contributed by atoms with van der Waals surface area (Å²) in [6.07, 6.45) is 0.464. The average molecular weight is 186 g/mol. The number of hydrazine groups is 2. The number of nitrogens with two attached hydrogens (primary N) is 2. The summed E-state index contributed by atoms with van der Waals surface area (Å²) in [5, 5.41) is 0. The average Bonchev–Trinajstić information content (AvgIpc) is 2.69. The van der Waals surface area contributed by atoms with Gasteiger partial charge in [-0.15, -0.1) is 0 Å². The van der Waals surface area contributed by atoms with E-state index in [1.54, 1.807) is 13.8 Å². The minimum Gasteiger partial charge on any atom is -0.294 e. The summed E-state index contributed by atoms with van der Waals surface area (Å²) in [5.41, 5.74) is 2.62. The third-order valence-corrected chi connectivity index (χ3v) is 3.06. The predicted octanol–water partition coefficient (Wildman–Crippen LogP) is -1.62. The number of hydrogen-bond donors (Lipinski definition) is 4. The number of rotatable bonds is 2. The zero-order valence-corrected chi connectivity index (χ0v) is 7.68. The molecule has 0 unspecified atom stereocenters. The summed E-state index contributed by atoms with van der Waals surface area (Å²) < 4.78 is 0. The van der Waals surface area contributed by atoms with E-state index in [9.17, 15) is 9.59 Å². The maximum absolute atomic E-state index is 11.3. The highest BCUT2D eigenvalue weighted by molar-refractivity contribution is 5.98. The highest BCUT2D eigenvalue weighted by atomic mass is 16.2. The van der Waals surface area contributed by atoms with E-state index >= 15 is 0 Å². The molecule has 1 saturated carbocycles. The van der Waals surface area contributed by atoms with Crippen LogP contribution in [0.25, 0.3) is 0 Å². The topological polar surface area (TPSA) is 110 Å². The van der Waals surface area contributed by atoms with Crippen molar-refractivity contribution in [1.82, 2.24) is 10.9 Å². The second kappa shape index (κ2) is 2.68. The minimum atomic E-state index is -0.731. The van der Waals surface area contributed by atoms with Gasteiger partial charge in [0.2, 0.25) is 11.8 Å². The van der Waals surface area contributed by atoms with Crippen molar-refractivity contribution in [2.24, 2.45) is 22.5 Å². The van der Waals surface area contributed by atoms with Crippen LogP contribution in [0.2, 0.25) is 0 Å². The normalized spacial score (nSPS) is 36.6. The van der Waals surface area contributed by atoms with Crippen LogP contribution in [0.1, 0.15) is 20.3 Å². The Morgan fingerprint density at radius 1 is 1.08 bits per heavy atom. The van der Waals surface area contributed by atoms with Gasteiger partial charge < -0.3 is 0 Å². The molecule has 0 heterocycles. The molecule has 6 heteroatoms. The first-order chi connectivity index (χ1) is 5.92. The Morgan fingerprint density at radius 2 is 1.38 bits per heavy atom. The molecule has 6 nitrogen and oxygen atoms in total. The Morgan fingerprint density at radius 3 is 1.62 bits per heavy atom. The molecule has 2 amide bonds. The van der Waals surface area contributed by atoms with Gasteiger partial charge >= 0.3 is 0 Å². The SMILES string of the molecule is C[C@]1(C(=O)NN)C[C@]1(C)C(=O)NN. The lowest BCUT2D eigenvalue weighted by Crippen LogP contribution is -2.43. The number of carbonyl (C=O) groups is 2. The van der Waals surface area contributed by atoms with Gasteiger partial charge in [0.15, 0.2) is 0 Å². The van der Waals surface area contributed by atoms with E-state index in [2.05, 4.69) is 0 Å². The first-order valence-electron chi connectivity index (χ1n) is 3.94. The van der Waals surface area contributed by atoms with Gasteiger partial charge in [0, 0.05) is 0 Å². The van der Waals surface area contributed by atoms with Gasteiger partial charge in [0.1, 0.15) is 0 Å². The molecule has 2 atom stereocenters. The quantitative estimate of drug-likeness (QED) is 0.236. The van der Waals surface area contributed by atoms with Crippen molar-refractivity contribution in [3.05, 3.63) is 0 Å². The fraction of sp³-hybridized carbons (Fsp3) is 0.714. The van der Waals surface area contributed by atoms with Crippen LogP contribution in [0.3, 0.4) is 0 Å². The lowest BCUT2D eigenvalue weighted by Gasteiger charge is -2.15. The Bertz CT molecular complexity index is 241. The van der Waals surface area contributed by atoms with Crippen molar-refractivity contribution in [1.29, 1.82) is 0 Å². The monoisotopic (exact) mass is 186 g/mol. The molecular weight excluding hydrogens is 172 g/mol. The van der Waals surface area contributed by atoms with Gasteiger partial charge in [-0.05, 0) is 20.3 Å². The van der Waals surface area contributed by atoms with Crippen molar-refractivity contribution < 1.29 is 9.59 Å². The summed E-state index contributed by atoms with van der Waals surface area (Å²) in [5.74, 6) is 9.33. The van der Waals surface area contributed by atoms with Crippen LogP contribution in [-0.4, -0.2) is 11.8 Å². The first-order valence-corrected chi connectivity index (χ1v) is 3.94. The fourth-order valence-electron chi connectivity index (χ4n) is 1.64. The molecule has 0 spiro atoms. The molecule has 0 saturated heterocycles. The lowest BCUT2D eigenvalue weighted by molar-refractivity contribution is -0.133. The zero-order chi connectivity index (χ0) is 10.3. The molecule has 1 aliphatic rings. The Labute approximate surface area is 76.0 Å². The van der Waals surface area contributed by atoms with E-state index in [0.717, 1.165) is 0 Å². The number of amides is 2. The highest BCUT2D eigenvalue weighted by Crippen LogP contribution is 2.63.